The number of hydrogen-bond acceptors (Lipinski definition) is 5. The van der Waals surface area contributed by atoms with Gasteiger partial charge in [-0.1, -0.05) is 6.07 Å². The molecule has 126 valence electrons. The van der Waals surface area contributed by atoms with Crippen LogP contribution in [0.2, 0.25) is 0 Å². The molecule has 0 atom stereocenters. The standard InChI is InChI=1S/C18H21N3O3/c1-23-15-7-3-12(9-16(15)24-2)10-19-17-8-6-14(11-20-17)21-18(22)13-4-5-13/h3,6-9,11,13H,4-5,10H2,1-2H3,(H,19,20)(H,21,22). The van der Waals surface area contributed by atoms with Crippen molar-refractivity contribution in [3.8, 4) is 11.5 Å². The predicted molar refractivity (Wildman–Crippen MR) is 92.5 cm³/mol. The van der Waals surface area contributed by atoms with E-state index in [0.717, 1.165) is 29.9 Å². The second-order valence-corrected chi connectivity index (χ2v) is 5.74. The van der Waals surface area contributed by atoms with Crippen molar-refractivity contribution in [2.75, 3.05) is 24.9 Å². The molecular formula is C18H21N3O3. The Bertz CT molecular complexity index is 712. The minimum atomic E-state index is 0.0860. The molecule has 0 unspecified atom stereocenters. The molecule has 1 fully saturated rings. The summed E-state index contributed by atoms with van der Waals surface area (Å²) in [5, 5.41) is 6.12. The molecule has 24 heavy (non-hydrogen) atoms. The number of pyridine rings is 1. The normalized spacial score (nSPS) is 13.2. The van der Waals surface area contributed by atoms with Crippen molar-refractivity contribution in [1.29, 1.82) is 0 Å². The van der Waals surface area contributed by atoms with Gasteiger partial charge in [0, 0.05) is 12.5 Å². The molecule has 6 nitrogen and oxygen atoms in total. The van der Waals surface area contributed by atoms with E-state index in [0.29, 0.717) is 18.0 Å². The number of nitrogens with one attached hydrogen (secondary N) is 2. The van der Waals surface area contributed by atoms with Crippen molar-refractivity contribution >= 4 is 17.4 Å². The van der Waals surface area contributed by atoms with Crippen molar-refractivity contribution in [2.24, 2.45) is 5.92 Å². The van der Waals surface area contributed by atoms with Gasteiger partial charge in [0.2, 0.25) is 5.91 Å². The van der Waals surface area contributed by atoms with Gasteiger partial charge in [0.1, 0.15) is 5.82 Å². The van der Waals surface area contributed by atoms with Crippen molar-refractivity contribution in [3.05, 3.63) is 42.1 Å². The Hall–Kier alpha value is -2.76. The maximum absolute atomic E-state index is 11.7. The van der Waals surface area contributed by atoms with Gasteiger partial charge in [-0.2, -0.15) is 0 Å². The first kappa shape index (κ1) is 16.1. The number of carbonyl (C=O) groups excluding carboxylic acids is 1. The fourth-order valence-electron chi connectivity index (χ4n) is 2.35. The monoisotopic (exact) mass is 327 g/mol. The third-order valence-electron chi connectivity index (χ3n) is 3.90. The zero-order valence-electron chi connectivity index (χ0n) is 13.8. The van der Waals surface area contributed by atoms with Crippen LogP contribution in [0.4, 0.5) is 11.5 Å². The van der Waals surface area contributed by atoms with E-state index in [1.807, 2.05) is 30.3 Å². The molecule has 0 saturated heterocycles. The molecule has 1 saturated carbocycles. The Morgan fingerprint density at radius 1 is 1.17 bits per heavy atom. The first-order valence-electron chi connectivity index (χ1n) is 7.91. The summed E-state index contributed by atoms with van der Waals surface area (Å²) in [7, 11) is 3.23. The fraction of sp³-hybridized carbons (Fsp3) is 0.333. The number of methoxy groups -OCH3 is 2. The van der Waals surface area contributed by atoms with E-state index in [1.54, 1.807) is 20.4 Å². The first-order valence-corrected chi connectivity index (χ1v) is 7.91. The van der Waals surface area contributed by atoms with E-state index in [1.165, 1.54) is 0 Å². The van der Waals surface area contributed by atoms with Crippen LogP contribution in [0.25, 0.3) is 0 Å². The van der Waals surface area contributed by atoms with Crippen LogP contribution in [-0.2, 0) is 11.3 Å². The highest BCUT2D eigenvalue weighted by molar-refractivity contribution is 5.93. The molecule has 1 aliphatic rings. The molecule has 1 heterocycles. The topological polar surface area (TPSA) is 72.5 Å². The molecule has 0 radical (unpaired) electrons. The van der Waals surface area contributed by atoms with E-state index >= 15 is 0 Å². The number of ether oxygens (including phenoxy) is 2. The summed E-state index contributed by atoms with van der Waals surface area (Å²) in [6, 6.07) is 9.47. The summed E-state index contributed by atoms with van der Waals surface area (Å²) in [6.45, 7) is 0.612. The molecule has 3 rings (SSSR count). The van der Waals surface area contributed by atoms with Crippen LogP contribution in [0.3, 0.4) is 0 Å². The maximum Gasteiger partial charge on any atom is 0.227 e. The number of rotatable bonds is 7. The van der Waals surface area contributed by atoms with Crippen molar-refractivity contribution < 1.29 is 14.3 Å². The van der Waals surface area contributed by atoms with Gasteiger partial charge in [0.05, 0.1) is 26.1 Å². The average Bonchev–Trinajstić information content (AvgIpc) is 3.46. The summed E-state index contributed by atoms with van der Waals surface area (Å²) >= 11 is 0. The van der Waals surface area contributed by atoms with Gasteiger partial charge in [-0.25, -0.2) is 4.98 Å². The van der Waals surface area contributed by atoms with Gasteiger partial charge in [0.25, 0.3) is 0 Å². The van der Waals surface area contributed by atoms with Gasteiger partial charge in [-0.05, 0) is 42.7 Å². The Morgan fingerprint density at radius 3 is 2.58 bits per heavy atom. The number of hydrogen-bond donors (Lipinski definition) is 2. The zero-order chi connectivity index (χ0) is 16.9. The van der Waals surface area contributed by atoms with E-state index < -0.39 is 0 Å². The van der Waals surface area contributed by atoms with Gasteiger partial charge in [-0.15, -0.1) is 0 Å². The number of anilines is 2. The summed E-state index contributed by atoms with van der Waals surface area (Å²) < 4.78 is 10.5. The Kier molecular flexibility index (Phi) is 4.84. The lowest BCUT2D eigenvalue weighted by Gasteiger charge is -2.11. The van der Waals surface area contributed by atoms with Crippen LogP contribution < -0.4 is 20.1 Å². The average molecular weight is 327 g/mol. The lowest BCUT2D eigenvalue weighted by atomic mass is 10.2. The predicted octanol–water partition coefficient (Wildman–Crippen LogP) is 3.06. The van der Waals surface area contributed by atoms with E-state index in [9.17, 15) is 4.79 Å². The summed E-state index contributed by atoms with van der Waals surface area (Å²) in [5.41, 5.74) is 1.78. The Labute approximate surface area is 141 Å². The first-order chi connectivity index (χ1) is 11.7. The van der Waals surface area contributed by atoms with Crippen LogP contribution in [0.15, 0.2) is 36.5 Å². The summed E-state index contributed by atoms with van der Waals surface area (Å²) in [4.78, 5) is 16.0. The van der Waals surface area contributed by atoms with Crippen LogP contribution >= 0.6 is 0 Å². The Balaban J connectivity index is 1.57. The third-order valence-corrected chi connectivity index (χ3v) is 3.90. The second-order valence-electron chi connectivity index (χ2n) is 5.74. The highest BCUT2D eigenvalue weighted by Crippen LogP contribution is 2.30. The number of aromatic nitrogens is 1. The van der Waals surface area contributed by atoms with Crippen molar-refractivity contribution in [3.63, 3.8) is 0 Å². The lowest BCUT2D eigenvalue weighted by Crippen LogP contribution is -2.13. The molecule has 6 heteroatoms. The second kappa shape index (κ2) is 7.21. The van der Waals surface area contributed by atoms with Crippen molar-refractivity contribution in [2.45, 2.75) is 19.4 Å². The maximum atomic E-state index is 11.7. The molecule has 0 aliphatic heterocycles. The highest BCUT2D eigenvalue weighted by Gasteiger charge is 2.29. The van der Waals surface area contributed by atoms with Crippen molar-refractivity contribution in [1.82, 2.24) is 4.98 Å². The molecule has 1 amide bonds. The minimum Gasteiger partial charge on any atom is -0.493 e. The van der Waals surface area contributed by atoms with Crippen LogP contribution in [0, 0.1) is 5.92 Å². The van der Waals surface area contributed by atoms with E-state index in [2.05, 4.69) is 15.6 Å². The van der Waals surface area contributed by atoms with Gasteiger partial charge >= 0.3 is 0 Å². The molecule has 2 aromatic rings. The molecule has 1 aromatic carbocycles. The van der Waals surface area contributed by atoms with Crippen LogP contribution in [0.5, 0.6) is 11.5 Å². The molecule has 1 aromatic heterocycles. The van der Waals surface area contributed by atoms with Crippen LogP contribution in [-0.4, -0.2) is 25.1 Å². The minimum absolute atomic E-state index is 0.0860. The zero-order valence-corrected chi connectivity index (χ0v) is 13.8. The van der Waals surface area contributed by atoms with Gasteiger partial charge < -0.3 is 20.1 Å². The largest absolute Gasteiger partial charge is 0.493 e. The number of amides is 1. The smallest absolute Gasteiger partial charge is 0.227 e. The highest BCUT2D eigenvalue weighted by atomic mass is 16.5. The SMILES string of the molecule is COc1ccc(CNc2ccc(NC(=O)C3CC3)cn2)cc1OC. The van der Waals surface area contributed by atoms with E-state index in [4.69, 9.17) is 9.47 Å². The summed E-state index contributed by atoms with van der Waals surface area (Å²) in [6.07, 6.45) is 3.64. The quantitative estimate of drug-likeness (QED) is 0.818. The molecule has 0 bridgehead atoms. The lowest BCUT2D eigenvalue weighted by molar-refractivity contribution is -0.117. The molecule has 1 aliphatic carbocycles. The molecule has 0 spiro atoms. The third kappa shape index (κ3) is 3.95. The number of carbonyl (C=O) groups is 1. The molecular weight excluding hydrogens is 306 g/mol. The van der Waals surface area contributed by atoms with Gasteiger partial charge in [-0.3, -0.25) is 4.79 Å². The van der Waals surface area contributed by atoms with E-state index in [-0.39, 0.29) is 11.8 Å². The number of benzene rings is 1. The Morgan fingerprint density at radius 2 is 1.96 bits per heavy atom. The number of nitrogens with zero attached hydrogens (tertiary/aromatic N) is 1. The van der Waals surface area contributed by atoms with Crippen LogP contribution in [0.1, 0.15) is 18.4 Å². The molecule has 2 N–H and O–H groups in total. The van der Waals surface area contributed by atoms with Gasteiger partial charge in [0.15, 0.2) is 11.5 Å². The fourth-order valence-corrected chi connectivity index (χ4v) is 2.35. The summed E-state index contributed by atoms with van der Waals surface area (Å²) in [5.74, 6) is 2.42.